The first-order chi connectivity index (χ1) is 12.6. The number of likely N-dealkylation sites (tertiary alicyclic amines) is 1. The van der Waals surface area contributed by atoms with Crippen LogP contribution in [0.3, 0.4) is 0 Å². The molecule has 4 heteroatoms. The predicted octanol–water partition coefficient (Wildman–Crippen LogP) is 4.12. The van der Waals surface area contributed by atoms with Crippen molar-refractivity contribution in [1.29, 1.82) is 0 Å². The molecule has 3 nitrogen and oxygen atoms in total. The fourth-order valence-electron chi connectivity index (χ4n) is 4.62. The lowest BCUT2D eigenvalue weighted by Crippen LogP contribution is -2.43. The zero-order chi connectivity index (χ0) is 18.4. The van der Waals surface area contributed by atoms with Crippen molar-refractivity contribution < 1.29 is 9.18 Å². The summed E-state index contributed by atoms with van der Waals surface area (Å²) in [6.07, 6.45) is 8.97. The van der Waals surface area contributed by atoms with Gasteiger partial charge < -0.3 is 9.80 Å². The molecule has 1 atom stereocenters. The molecule has 1 aromatic rings. The maximum absolute atomic E-state index is 13.8. The Morgan fingerprint density at radius 3 is 2.69 bits per heavy atom. The SMILES string of the molecule is CN(C[C@H]1CCCN(CCc2ccccc2F)C1)C(=O)C1CCCCC1. The van der Waals surface area contributed by atoms with E-state index < -0.39 is 0 Å². The number of benzene rings is 1. The first-order valence-corrected chi connectivity index (χ1v) is 10.3. The fraction of sp³-hybridized carbons (Fsp3) is 0.682. The number of hydrogen-bond acceptors (Lipinski definition) is 2. The minimum atomic E-state index is -0.0983. The van der Waals surface area contributed by atoms with E-state index in [2.05, 4.69) is 4.90 Å². The molecule has 1 heterocycles. The Kier molecular flexibility index (Phi) is 7.07. The Bertz CT molecular complexity index is 585. The van der Waals surface area contributed by atoms with Gasteiger partial charge in [-0.05, 0) is 56.2 Å². The van der Waals surface area contributed by atoms with Gasteiger partial charge in [-0.3, -0.25) is 4.79 Å². The van der Waals surface area contributed by atoms with Gasteiger partial charge in [-0.25, -0.2) is 4.39 Å². The lowest BCUT2D eigenvalue weighted by Gasteiger charge is -2.36. The molecule has 0 spiro atoms. The van der Waals surface area contributed by atoms with Crippen LogP contribution in [0.1, 0.15) is 50.5 Å². The van der Waals surface area contributed by atoms with E-state index in [0.29, 0.717) is 11.8 Å². The maximum Gasteiger partial charge on any atom is 0.225 e. The lowest BCUT2D eigenvalue weighted by molar-refractivity contribution is -0.136. The van der Waals surface area contributed by atoms with Crippen LogP contribution in [0.2, 0.25) is 0 Å². The van der Waals surface area contributed by atoms with Gasteiger partial charge >= 0.3 is 0 Å². The van der Waals surface area contributed by atoms with Gasteiger partial charge in [-0.15, -0.1) is 0 Å². The van der Waals surface area contributed by atoms with Crippen molar-refractivity contribution in [3.05, 3.63) is 35.6 Å². The van der Waals surface area contributed by atoms with Crippen molar-refractivity contribution in [3.8, 4) is 0 Å². The first-order valence-electron chi connectivity index (χ1n) is 10.3. The highest BCUT2D eigenvalue weighted by Gasteiger charge is 2.27. The van der Waals surface area contributed by atoms with E-state index in [1.807, 2.05) is 24.1 Å². The second kappa shape index (κ2) is 9.50. The standard InChI is InChI=1S/C22H33FN2O/c1-24(22(26)20-10-3-2-4-11-20)16-18-8-7-14-25(17-18)15-13-19-9-5-6-12-21(19)23/h5-6,9,12,18,20H,2-4,7-8,10-11,13-17H2,1H3/t18-/m1/s1. The van der Waals surface area contributed by atoms with Gasteiger partial charge in [0.15, 0.2) is 0 Å². The third kappa shape index (κ3) is 5.29. The zero-order valence-corrected chi connectivity index (χ0v) is 16.1. The maximum atomic E-state index is 13.8. The average Bonchev–Trinajstić information content (AvgIpc) is 2.68. The van der Waals surface area contributed by atoms with E-state index in [-0.39, 0.29) is 11.7 Å². The van der Waals surface area contributed by atoms with Crippen molar-refractivity contribution in [3.63, 3.8) is 0 Å². The highest BCUT2D eigenvalue weighted by molar-refractivity contribution is 5.78. The largest absolute Gasteiger partial charge is 0.345 e. The van der Waals surface area contributed by atoms with Crippen LogP contribution in [0.25, 0.3) is 0 Å². The monoisotopic (exact) mass is 360 g/mol. The summed E-state index contributed by atoms with van der Waals surface area (Å²) in [5, 5.41) is 0. The molecular formula is C22H33FN2O. The zero-order valence-electron chi connectivity index (χ0n) is 16.1. The van der Waals surface area contributed by atoms with Gasteiger partial charge in [-0.1, -0.05) is 37.5 Å². The van der Waals surface area contributed by atoms with Crippen molar-refractivity contribution in [1.82, 2.24) is 9.80 Å². The molecule has 1 saturated carbocycles. The summed E-state index contributed by atoms with van der Waals surface area (Å²) in [5.41, 5.74) is 0.805. The Morgan fingerprint density at radius 2 is 1.92 bits per heavy atom. The third-order valence-corrected chi connectivity index (χ3v) is 6.12. The van der Waals surface area contributed by atoms with Crippen molar-refractivity contribution in [2.75, 3.05) is 33.2 Å². The number of piperidine rings is 1. The Morgan fingerprint density at radius 1 is 1.15 bits per heavy atom. The second-order valence-electron chi connectivity index (χ2n) is 8.20. The molecule has 3 rings (SSSR count). The lowest BCUT2D eigenvalue weighted by atomic mass is 9.88. The van der Waals surface area contributed by atoms with Crippen molar-refractivity contribution >= 4 is 5.91 Å². The molecule has 1 aromatic carbocycles. The fourth-order valence-corrected chi connectivity index (χ4v) is 4.62. The van der Waals surface area contributed by atoms with E-state index in [1.54, 1.807) is 12.1 Å². The molecule has 2 fully saturated rings. The predicted molar refractivity (Wildman–Crippen MR) is 103 cm³/mol. The Hall–Kier alpha value is -1.42. The summed E-state index contributed by atoms with van der Waals surface area (Å²) in [7, 11) is 1.98. The molecule has 1 saturated heterocycles. The minimum Gasteiger partial charge on any atom is -0.345 e. The quantitative estimate of drug-likeness (QED) is 0.762. The number of rotatable bonds is 6. The van der Waals surface area contributed by atoms with Gasteiger partial charge in [0.05, 0.1) is 0 Å². The first kappa shape index (κ1) is 19.3. The third-order valence-electron chi connectivity index (χ3n) is 6.12. The molecule has 0 N–H and O–H groups in total. The molecule has 2 aliphatic rings. The van der Waals surface area contributed by atoms with Crippen LogP contribution in [0.15, 0.2) is 24.3 Å². The number of amides is 1. The van der Waals surface area contributed by atoms with Gasteiger partial charge in [0.25, 0.3) is 0 Å². The van der Waals surface area contributed by atoms with Crippen LogP contribution in [0.4, 0.5) is 4.39 Å². The number of carbonyl (C=O) groups excluding carboxylic acids is 1. The molecular weight excluding hydrogens is 327 g/mol. The van der Waals surface area contributed by atoms with Crippen molar-refractivity contribution in [2.24, 2.45) is 11.8 Å². The Balaban J connectivity index is 1.45. The Labute approximate surface area is 157 Å². The normalized spacial score (nSPS) is 22.3. The molecule has 1 amide bonds. The highest BCUT2D eigenvalue weighted by Crippen LogP contribution is 2.26. The highest BCUT2D eigenvalue weighted by atomic mass is 19.1. The molecule has 0 unspecified atom stereocenters. The smallest absolute Gasteiger partial charge is 0.225 e. The van der Waals surface area contributed by atoms with Crippen LogP contribution in [0.5, 0.6) is 0 Å². The van der Waals surface area contributed by atoms with E-state index in [1.165, 1.54) is 32.1 Å². The molecule has 0 aromatic heterocycles. The van der Waals surface area contributed by atoms with E-state index >= 15 is 0 Å². The number of nitrogens with zero attached hydrogens (tertiary/aromatic N) is 2. The molecule has 1 aliphatic heterocycles. The van der Waals surface area contributed by atoms with Gasteiger partial charge in [0.1, 0.15) is 5.82 Å². The summed E-state index contributed by atoms with van der Waals surface area (Å²) >= 11 is 0. The molecule has 26 heavy (non-hydrogen) atoms. The summed E-state index contributed by atoms with van der Waals surface area (Å²) in [4.78, 5) is 17.1. The van der Waals surface area contributed by atoms with Crippen LogP contribution < -0.4 is 0 Å². The van der Waals surface area contributed by atoms with Crippen molar-refractivity contribution in [2.45, 2.75) is 51.4 Å². The number of carbonyl (C=O) groups is 1. The number of halogens is 1. The molecule has 1 aliphatic carbocycles. The van der Waals surface area contributed by atoms with Crippen LogP contribution in [-0.4, -0.2) is 48.9 Å². The van der Waals surface area contributed by atoms with Crippen LogP contribution >= 0.6 is 0 Å². The summed E-state index contributed by atoms with van der Waals surface area (Å²) in [6.45, 7) is 3.88. The topological polar surface area (TPSA) is 23.6 Å². The van der Waals surface area contributed by atoms with Crippen LogP contribution in [-0.2, 0) is 11.2 Å². The second-order valence-corrected chi connectivity index (χ2v) is 8.20. The van der Waals surface area contributed by atoms with Crippen LogP contribution in [0, 0.1) is 17.7 Å². The molecule has 144 valence electrons. The van der Waals surface area contributed by atoms with E-state index in [9.17, 15) is 9.18 Å². The molecule has 0 radical (unpaired) electrons. The van der Waals surface area contributed by atoms with E-state index in [0.717, 1.165) is 51.0 Å². The average molecular weight is 361 g/mol. The summed E-state index contributed by atoms with van der Waals surface area (Å²) < 4.78 is 13.8. The van der Waals surface area contributed by atoms with Gasteiger partial charge in [0, 0.05) is 32.6 Å². The summed E-state index contributed by atoms with van der Waals surface area (Å²) in [5.74, 6) is 1.06. The van der Waals surface area contributed by atoms with E-state index in [4.69, 9.17) is 0 Å². The molecule has 0 bridgehead atoms. The summed E-state index contributed by atoms with van der Waals surface area (Å²) in [6, 6.07) is 7.08. The van der Waals surface area contributed by atoms with Gasteiger partial charge in [0.2, 0.25) is 5.91 Å². The van der Waals surface area contributed by atoms with Gasteiger partial charge in [-0.2, -0.15) is 0 Å². The minimum absolute atomic E-state index is 0.0983. The number of hydrogen-bond donors (Lipinski definition) is 0.